The van der Waals surface area contributed by atoms with Crippen LogP contribution in [-0.4, -0.2) is 30.4 Å². The highest BCUT2D eigenvalue weighted by molar-refractivity contribution is 5.74. The fourth-order valence-electron chi connectivity index (χ4n) is 2.31. The zero-order valence-corrected chi connectivity index (χ0v) is 12.3. The maximum Gasteiger partial charge on any atom is 0.573 e. The number of piperidine rings is 1. The minimum atomic E-state index is -4.72. The molecule has 124 valence electrons. The molecule has 2 rings (SSSR count). The smallest absolute Gasteiger partial charge is 0.406 e. The summed E-state index contributed by atoms with van der Waals surface area (Å²) in [5.74, 6) is -0.300. The lowest BCUT2D eigenvalue weighted by Gasteiger charge is -2.29. The van der Waals surface area contributed by atoms with Gasteiger partial charge >= 0.3 is 12.4 Å². The van der Waals surface area contributed by atoms with Crippen molar-refractivity contribution in [3.8, 4) is 11.8 Å². The van der Waals surface area contributed by atoms with Crippen LogP contribution in [-0.2, 0) is 6.54 Å². The Morgan fingerprint density at radius 1 is 1.30 bits per heavy atom. The van der Waals surface area contributed by atoms with E-state index in [4.69, 9.17) is 5.26 Å². The van der Waals surface area contributed by atoms with Crippen LogP contribution in [0.25, 0.3) is 0 Å². The van der Waals surface area contributed by atoms with Crippen LogP contribution in [0, 0.1) is 17.2 Å². The molecule has 1 N–H and O–H groups in total. The summed E-state index contributed by atoms with van der Waals surface area (Å²) in [6.45, 7) is 1.27. The van der Waals surface area contributed by atoms with Crippen LogP contribution < -0.4 is 10.1 Å². The fourth-order valence-corrected chi connectivity index (χ4v) is 2.31. The molecule has 1 heterocycles. The van der Waals surface area contributed by atoms with Crippen LogP contribution in [0.3, 0.4) is 0 Å². The first-order valence-corrected chi connectivity index (χ1v) is 7.14. The van der Waals surface area contributed by atoms with E-state index in [-0.39, 0.29) is 24.2 Å². The standard InChI is InChI=1S/C15H16F3N3O2/c16-15(17,18)23-13-3-1-12(2-4-13)10-20-14(22)21-7-5-11(9-19)6-8-21/h1-4,11H,5-8,10H2,(H,20,22). The summed E-state index contributed by atoms with van der Waals surface area (Å²) < 4.78 is 39.9. The SMILES string of the molecule is N#CC1CCN(C(=O)NCc2ccc(OC(F)(F)F)cc2)CC1. The molecule has 1 aliphatic rings. The number of carbonyl (C=O) groups excluding carboxylic acids is 1. The number of rotatable bonds is 3. The normalized spacial score (nSPS) is 15.8. The Labute approximate surface area is 131 Å². The lowest BCUT2D eigenvalue weighted by molar-refractivity contribution is -0.274. The van der Waals surface area contributed by atoms with Crippen LogP contribution in [0.5, 0.6) is 5.75 Å². The van der Waals surface area contributed by atoms with Crippen molar-refractivity contribution >= 4 is 6.03 Å². The molecule has 23 heavy (non-hydrogen) atoms. The minimum Gasteiger partial charge on any atom is -0.406 e. The minimum absolute atomic E-state index is 0.000210. The number of nitriles is 1. The number of carbonyl (C=O) groups is 1. The van der Waals surface area contributed by atoms with E-state index < -0.39 is 6.36 Å². The van der Waals surface area contributed by atoms with Crippen molar-refractivity contribution in [1.29, 1.82) is 5.26 Å². The molecule has 0 atom stereocenters. The number of halogens is 3. The van der Waals surface area contributed by atoms with E-state index >= 15 is 0 Å². The molecular formula is C15H16F3N3O2. The molecule has 0 aliphatic carbocycles. The van der Waals surface area contributed by atoms with Crippen molar-refractivity contribution in [2.24, 2.45) is 5.92 Å². The molecule has 0 bridgehead atoms. The number of benzene rings is 1. The number of urea groups is 1. The van der Waals surface area contributed by atoms with E-state index in [0.717, 1.165) is 0 Å². The molecular weight excluding hydrogens is 311 g/mol. The number of hydrogen-bond donors (Lipinski definition) is 1. The van der Waals surface area contributed by atoms with Gasteiger partial charge < -0.3 is 15.0 Å². The number of alkyl halides is 3. The first kappa shape index (κ1) is 16.9. The second-order valence-corrected chi connectivity index (χ2v) is 5.24. The van der Waals surface area contributed by atoms with Gasteiger partial charge in [0.25, 0.3) is 0 Å². The topological polar surface area (TPSA) is 65.4 Å². The van der Waals surface area contributed by atoms with E-state index in [1.807, 2.05) is 0 Å². The van der Waals surface area contributed by atoms with Gasteiger partial charge in [-0.25, -0.2) is 4.79 Å². The van der Waals surface area contributed by atoms with Crippen molar-refractivity contribution in [2.75, 3.05) is 13.1 Å². The molecule has 1 aliphatic heterocycles. The zero-order chi connectivity index (χ0) is 16.9. The number of nitrogens with one attached hydrogen (secondary N) is 1. The molecule has 1 aromatic rings. The van der Waals surface area contributed by atoms with Gasteiger partial charge in [-0.05, 0) is 30.5 Å². The molecule has 0 spiro atoms. The maximum atomic E-state index is 12.1. The van der Waals surface area contributed by atoms with Crippen molar-refractivity contribution in [2.45, 2.75) is 25.7 Å². The second-order valence-electron chi connectivity index (χ2n) is 5.24. The van der Waals surface area contributed by atoms with Crippen molar-refractivity contribution < 1.29 is 22.7 Å². The van der Waals surface area contributed by atoms with E-state index in [9.17, 15) is 18.0 Å². The molecule has 1 saturated heterocycles. The fraction of sp³-hybridized carbons (Fsp3) is 0.467. The average Bonchev–Trinajstić information content (AvgIpc) is 2.52. The van der Waals surface area contributed by atoms with E-state index in [2.05, 4.69) is 16.1 Å². The summed E-state index contributed by atoms with van der Waals surface area (Å²) in [6.07, 6.45) is -3.40. The monoisotopic (exact) mass is 327 g/mol. The molecule has 0 radical (unpaired) electrons. The van der Waals surface area contributed by atoms with E-state index in [1.54, 1.807) is 4.90 Å². The highest BCUT2D eigenvalue weighted by atomic mass is 19.4. The number of likely N-dealkylation sites (tertiary alicyclic amines) is 1. The first-order chi connectivity index (χ1) is 10.9. The number of hydrogen-bond acceptors (Lipinski definition) is 3. The Kier molecular flexibility index (Phi) is 5.32. The Hall–Kier alpha value is -2.43. The second kappa shape index (κ2) is 7.22. The van der Waals surface area contributed by atoms with Crippen LogP contribution in [0.15, 0.2) is 24.3 Å². The van der Waals surface area contributed by atoms with Gasteiger partial charge in [0, 0.05) is 25.6 Å². The van der Waals surface area contributed by atoms with Gasteiger partial charge in [-0.2, -0.15) is 5.26 Å². The van der Waals surface area contributed by atoms with Gasteiger partial charge in [0.05, 0.1) is 6.07 Å². The van der Waals surface area contributed by atoms with Crippen molar-refractivity contribution in [3.05, 3.63) is 29.8 Å². The summed E-state index contributed by atoms with van der Waals surface area (Å²) in [6, 6.07) is 7.28. The van der Waals surface area contributed by atoms with Crippen LogP contribution in [0.1, 0.15) is 18.4 Å². The van der Waals surface area contributed by atoms with Crippen LogP contribution in [0.2, 0.25) is 0 Å². The molecule has 0 aromatic heterocycles. The highest BCUT2D eigenvalue weighted by Crippen LogP contribution is 2.22. The molecule has 1 fully saturated rings. The number of ether oxygens (including phenoxy) is 1. The van der Waals surface area contributed by atoms with Gasteiger partial charge in [-0.3, -0.25) is 0 Å². The van der Waals surface area contributed by atoms with Crippen molar-refractivity contribution in [3.63, 3.8) is 0 Å². The molecule has 0 unspecified atom stereocenters. The number of nitrogens with zero attached hydrogens (tertiary/aromatic N) is 2. The van der Waals surface area contributed by atoms with Crippen LogP contribution >= 0.6 is 0 Å². The van der Waals surface area contributed by atoms with Gasteiger partial charge in [-0.15, -0.1) is 13.2 Å². The lowest BCUT2D eigenvalue weighted by Crippen LogP contribution is -2.44. The van der Waals surface area contributed by atoms with E-state index in [0.29, 0.717) is 31.5 Å². The summed E-state index contributed by atoms with van der Waals surface area (Å²) in [4.78, 5) is 13.6. The van der Waals surface area contributed by atoms with Crippen molar-refractivity contribution in [1.82, 2.24) is 10.2 Å². The molecule has 0 saturated carbocycles. The quantitative estimate of drug-likeness (QED) is 0.928. The maximum absolute atomic E-state index is 12.1. The largest absolute Gasteiger partial charge is 0.573 e. The Bertz CT molecular complexity index is 573. The van der Waals surface area contributed by atoms with Gasteiger partial charge in [0.15, 0.2) is 0 Å². The Morgan fingerprint density at radius 3 is 2.43 bits per heavy atom. The summed E-state index contributed by atoms with van der Waals surface area (Å²) >= 11 is 0. The Balaban J connectivity index is 1.79. The van der Waals surface area contributed by atoms with Gasteiger partial charge in [0.2, 0.25) is 0 Å². The molecule has 2 amide bonds. The highest BCUT2D eigenvalue weighted by Gasteiger charge is 2.31. The lowest BCUT2D eigenvalue weighted by atomic mass is 9.99. The summed E-state index contributed by atoms with van der Waals surface area (Å²) in [5, 5.41) is 11.5. The van der Waals surface area contributed by atoms with Gasteiger partial charge in [-0.1, -0.05) is 12.1 Å². The van der Waals surface area contributed by atoms with Crippen LogP contribution in [0.4, 0.5) is 18.0 Å². The summed E-state index contributed by atoms with van der Waals surface area (Å²) in [7, 11) is 0. The molecule has 1 aromatic carbocycles. The van der Waals surface area contributed by atoms with Gasteiger partial charge in [0.1, 0.15) is 5.75 Å². The third-order valence-corrected chi connectivity index (χ3v) is 3.57. The first-order valence-electron chi connectivity index (χ1n) is 7.14. The predicted octanol–water partition coefficient (Wildman–Crippen LogP) is 3.03. The summed E-state index contributed by atoms with van der Waals surface area (Å²) in [5.41, 5.74) is 0.666. The zero-order valence-electron chi connectivity index (χ0n) is 12.3. The average molecular weight is 327 g/mol. The third kappa shape index (κ3) is 5.36. The third-order valence-electron chi connectivity index (χ3n) is 3.57. The predicted molar refractivity (Wildman–Crippen MR) is 75.3 cm³/mol. The Morgan fingerprint density at radius 2 is 1.91 bits per heavy atom. The number of amides is 2. The molecule has 5 nitrogen and oxygen atoms in total. The van der Waals surface area contributed by atoms with E-state index in [1.165, 1.54) is 24.3 Å². The molecule has 8 heteroatoms.